The largest absolute Gasteiger partial charge is 0.407 e. The Hall–Kier alpha value is -1.58. The first kappa shape index (κ1) is 26.5. The number of hydrogen-bond donors (Lipinski definition) is 1. The molecule has 0 unspecified atom stereocenters. The maximum atomic E-state index is 10.2. The fourth-order valence-electron chi connectivity index (χ4n) is 4.66. The molecule has 2 aromatic rings. The van der Waals surface area contributed by atoms with Gasteiger partial charge in [-0.25, -0.2) is 0 Å². The van der Waals surface area contributed by atoms with Crippen LogP contribution in [0.2, 0.25) is 18.1 Å². The molecule has 192 valence electrons. The first-order valence-corrected chi connectivity index (χ1v) is 15.4. The highest BCUT2D eigenvalue weighted by Crippen LogP contribution is 2.48. The summed E-state index contributed by atoms with van der Waals surface area (Å²) in [4.78, 5) is 0. The fraction of sp³-hybridized carbons (Fsp3) is 0.571. The molecule has 1 N–H and O–H groups in total. The Balaban J connectivity index is 1.88. The summed E-state index contributed by atoms with van der Waals surface area (Å²) >= 11 is 0. The zero-order valence-corrected chi connectivity index (χ0v) is 23.0. The molecule has 0 amide bonds. The lowest BCUT2D eigenvalue weighted by Gasteiger charge is -2.42. The molecule has 0 spiro atoms. The first-order valence-electron chi connectivity index (χ1n) is 12.5. The number of aliphatic hydroxyl groups is 1. The van der Waals surface area contributed by atoms with Crippen molar-refractivity contribution in [2.24, 2.45) is 0 Å². The normalized spacial score (nSPS) is 25.0. The molecule has 0 radical (unpaired) electrons. The Kier molecular flexibility index (Phi) is 7.34. The first-order chi connectivity index (χ1) is 16.4. The van der Waals surface area contributed by atoms with Gasteiger partial charge in [0, 0.05) is 11.1 Å². The fourth-order valence-corrected chi connectivity index (χ4v) is 5.90. The summed E-state index contributed by atoms with van der Waals surface area (Å²) in [6.07, 6.45) is -1.51. The van der Waals surface area contributed by atoms with Crippen molar-refractivity contribution >= 4 is 8.32 Å². The molecule has 0 bridgehead atoms. The molecule has 0 aromatic heterocycles. The molecule has 6 nitrogen and oxygen atoms in total. The van der Waals surface area contributed by atoms with Gasteiger partial charge in [0.25, 0.3) is 0 Å². The van der Waals surface area contributed by atoms with Crippen molar-refractivity contribution in [2.45, 2.75) is 82.6 Å². The van der Waals surface area contributed by atoms with Crippen LogP contribution in [0.15, 0.2) is 54.6 Å². The van der Waals surface area contributed by atoms with Crippen LogP contribution in [-0.4, -0.2) is 51.2 Å². The van der Waals surface area contributed by atoms with E-state index in [1.807, 2.05) is 62.4 Å². The van der Waals surface area contributed by atoms with Gasteiger partial charge in [-0.1, -0.05) is 75.4 Å². The van der Waals surface area contributed by atoms with Gasteiger partial charge in [-0.3, -0.25) is 0 Å². The van der Waals surface area contributed by atoms with Gasteiger partial charge >= 0.3 is 0 Å². The third-order valence-corrected chi connectivity index (χ3v) is 11.9. The average Bonchev–Trinajstić information content (AvgIpc) is 3.42. The molecule has 2 saturated heterocycles. The second-order valence-corrected chi connectivity index (χ2v) is 16.1. The van der Waals surface area contributed by atoms with Gasteiger partial charge in [0.2, 0.25) is 5.79 Å². The number of benzene rings is 2. The minimum absolute atomic E-state index is 0.0264. The Labute approximate surface area is 210 Å². The van der Waals surface area contributed by atoms with E-state index < -0.39 is 38.2 Å². The SMILES string of the molecule is CC1(C)O[C@@H]([C@H](O[Si](C)(C)C(C)(C)C)c2ccccc2C2(c3ccccc3)OCCO2)[C@H](CO)O1. The minimum Gasteiger partial charge on any atom is -0.407 e. The van der Waals surface area contributed by atoms with Gasteiger partial charge in [-0.15, -0.1) is 0 Å². The van der Waals surface area contributed by atoms with E-state index >= 15 is 0 Å². The molecule has 2 aliphatic rings. The Morgan fingerprint density at radius 3 is 2.17 bits per heavy atom. The van der Waals surface area contributed by atoms with Crippen LogP contribution in [0.4, 0.5) is 0 Å². The van der Waals surface area contributed by atoms with Crippen LogP contribution in [0.1, 0.15) is 57.4 Å². The second-order valence-electron chi connectivity index (χ2n) is 11.4. The maximum Gasteiger partial charge on any atom is 0.222 e. The summed E-state index contributed by atoms with van der Waals surface area (Å²) in [5.74, 6) is -1.88. The van der Waals surface area contributed by atoms with Gasteiger partial charge in [0.1, 0.15) is 12.2 Å². The van der Waals surface area contributed by atoms with E-state index in [1.54, 1.807) is 0 Å². The molecule has 0 saturated carbocycles. The number of hydrogen-bond acceptors (Lipinski definition) is 6. The van der Waals surface area contributed by atoms with E-state index in [0.29, 0.717) is 13.2 Å². The highest BCUT2D eigenvalue weighted by Gasteiger charge is 2.51. The quantitative estimate of drug-likeness (QED) is 0.506. The number of ether oxygens (including phenoxy) is 4. The minimum atomic E-state index is -2.27. The number of aliphatic hydroxyl groups excluding tert-OH is 1. The second kappa shape index (κ2) is 9.71. The molecule has 2 aliphatic heterocycles. The van der Waals surface area contributed by atoms with Crippen LogP contribution in [0.5, 0.6) is 0 Å². The van der Waals surface area contributed by atoms with E-state index in [9.17, 15) is 5.11 Å². The van der Waals surface area contributed by atoms with Crippen LogP contribution in [0, 0.1) is 0 Å². The predicted octanol–water partition coefficient (Wildman–Crippen LogP) is 5.51. The van der Waals surface area contributed by atoms with E-state index in [-0.39, 0.29) is 11.6 Å². The summed E-state index contributed by atoms with van der Waals surface area (Å²) in [5, 5.41) is 10.2. The monoisotopic (exact) mass is 500 g/mol. The Morgan fingerprint density at radius 1 is 0.971 bits per heavy atom. The van der Waals surface area contributed by atoms with E-state index in [4.69, 9.17) is 23.4 Å². The van der Waals surface area contributed by atoms with Crippen molar-refractivity contribution in [3.8, 4) is 0 Å². The van der Waals surface area contributed by atoms with E-state index in [1.165, 1.54) is 0 Å². The maximum absolute atomic E-state index is 10.2. The third kappa shape index (κ3) is 5.14. The molecule has 2 fully saturated rings. The molecular formula is C28H40O6Si. The summed E-state index contributed by atoms with van der Waals surface area (Å²) < 4.78 is 32.3. The van der Waals surface area contributed by atoms with Crippen LogP contribution in [0.25, 0.3) is 0 Å². The lowest BCUT2D eigenvalue weighted by molar-refractivity contribution is -0.157. The van der Waals surface area contributed by atoms with Gasteiger partial charge in [-0.2, -0.15) is 0 Å². The molecular weight excluding hydrogens is 460 g/mol. The Morgan fingerprint density at radius 2 is 1.57 bits per heavy atom. The lowest BCUT2D eigenvalue weighted by Crippen LogP contribution is -2.46. The van der Waals surface area contributed by atoms with Crippen molar-refractivity contribution in [2.75, 3.05) is 19.8 Å². The van der Waals surface area contributed by atoms with E-state index in [0.717, 1.165) is 16.7 Å². The standard InChI is InChI=1S/C28H40O6Si/c1-26(2,3)35(6,7)34-24(25-23(19-29)32-27(4,5)33-25)21-15-11-12-16-22(21)28(30-17-18-31-28)20-13-9-8-10-14-20/h8-16,23-25,29H,17-19H2,1-7H3/t23-,24+,25+/m0/s1. The molecule has 2 aromatic carbocycles. The van der Waals surface area contributed by atoms with Crippen LogP contribution in [-0.2, 0) is 29.2 Å². The highest BCUT2D eigenvalue weighted by molar-refractivity contribution is 6.74. The third-order valence-electron chi connectivity index (χ3n) is 7.40. The van der Waals surface area contributed by atoms with Crippen molar-refractivity contribution in [1.29, 1.82) is 0 Å². The molecule has 2 heterocycles. The molecule has 3 atom stereocenters. The van der Waals surface area contributed by atoms with Gasteiger partial charge in [0.05, 0.1) is 25.9 Å². The lowest BCUT2D eigenvalue weighted by atomic mass is 9.88. The number of rotatable bonds is 7. The molecule has 4 rings (SSSR count). The van der Waals surface area contributed by atoms with Crippen LogP contribution >= 0.6 is 0 Å². The predicted molar refractivity (Wildman–Crippen MR) is 138 cm³/mol. The van der Waals surface area contributed by atoms with Crippen LogP contribution < -0.4 is 0 Å². The molecule has 7 heteroatoms. The van der Waals surface area contributed by atoms with Crippen molar-refractivity contribution in [1.82, 2.24) is 0 Å². The topological polar surface area (TPSA) is 66.4 Å². The van der Waals surface area contributed by atoms with Gasteiger partial charge in [0.15, 0.2) is 14.1 Å². The summed E-state index contributed by atoms with van der Waals surface area (Å²) in [5.41, 5.74) is 2.74. The van der Waals surface area contributed by atoms with Gasteiger partial charge < -0.3 is 28.5 Å². The zero-order valence-electron chi connectivity index (χ0n) is 22.0. The van der Waals surface area contributed by atoms with Gasteiger partial charge in [-0.05, 0) is 37.5 Å². The average molecular weight is 501 g/mol. The van der Waals surface area contributed by atoms with Crippen molar-refractivity contribution in [3.05, 3.63) is 71.3 Å². The highest BCUT2D eigenvalue weighted by atomic mass is 28.4. The molecule has 0 aliphatic carbocycles. The van der Waals surface area contributed by atoms with Crippen molar-refractivity contribution < 1.29 is 28.5 Å². The summed E-state index contributed by atoms with van der Waals surface area (Å²) in [6, 6.07) is 18.1. The zero-order chi connectivity index (χ0) is 25.5. The van der Waals surface area contributed by atoms with Crippen LogP contribution in [0.3, 0.4) is 0 Å². The Bertz CT molecular complexity index is 994. The molecule has 35 heavy (non-hydrogen) atoms. The summed E-state index contributed by atoms with van der Waals surface area (Å²) in [7, 11) is -2.27. The van der Waals surface area contributed by atoms with Crippen molar-refractivity contribution in [3.63, 3.8) is 0 Å². The summed E-state index contributed by atoms with van der Waals surface area (Å²) in [6.45, 7) is 15.7. The smallest absolute Gasteiger partial charge is 0.222 e. The van der Waals surface area contributed by atoms with E-state index in [2.05, 4.69) is 39.9 Å².